The van der Waals surface area contributed by atoms with E-state index in [0.717, 1.165) is 0 Å². The Morgan fingerprint density at radius 3 is 2.22 bits per heavy atom. The van der Waals surface area contributed by atoms with Crippen LogP contribution >= 0.6 is 0 Å². The van der Waals surface area contributed by atoms with Crippen molar-refractivity contribution in [3.05, 3.63) is 12.4 Å². The largest absolute Gasteiger partial charge is 0.464 e. The first kappa shape index (κ1) is 13.7. The number of nitrogens with zero attached hydrogens (tertiary/aromatic N) is 3. The predicted octanol–water partition coefficient (Wildman–Crippen LogP) is 1.48. The number of imide groups is 1. The fourth-order valence-electron chi connectivity index (χ4n) is 1.000. The van der Waals surface area contributed by atoms with E-state index in [9.17, 15) is 9.59 Å². The van der Waals surface area contributed by atoms with Crippen molar-refractivity contribution in [3.63, 3.8) is 0 Å². The molecule has 0 aliphatic carbocycles. The molecule has 0 saturated carbocycles. The van der Waals surface area contributed by atoms with E-state index in [1.807, 2.05) is 0 Å². The predicted molar refractivity (Wildman–Crippen MR) is 63.2 cm³/mol. The Morgan fingerprint density at radius 2 is 1.83 bits per heavy atom. The zero-order valence-corrected chi connectivity index (χ0v) is 10.2. The second-order valence-corrected chi connectivity index (χ2v) is 4.41. The van der Waals surface area contributed by atoms with Crippen molar-refractivity contribution >= 4 is 23.8 Å². The molecule has 1 aromatic rings. The number of nitrogens with two attached hydrogens (primary N) is 1. The summed E-state index contributed by atoms with van der Waals surface area (Å²) in [6, 6.07) is 0. The highest BCUT2D eigenvalue weighted by Gasteiger charge is 2.30. The first-order valence-corrected chi connectivity index (χ1v) is 5.04. The minimum absolute atomic E-state index is 0.258. The number of anilines is 2. The van der Waals surface area contributed by atoms with Crippen LogP contribution in [0.2, 0.25) is 0 Å². The number of nitrogen functional groups attached to an aromatic ring is 1. The molecule has 0 saturated heterocycles. The van der Waals surface area contributed by atoms with E-state index in [2.05, 4.69) is 9.97 Å². The lowest BCUT2D eigenvalue weighted by Gasteiger charge is -2.23. The number of carbonyl (C=O) groups excluding carboxylic acids is 1. The summed E-state index contributed by atoms with van der Waals surface area (Å²) < 4.78 is 4.94. The Bertz CT molecular complexity index is 452. The van der Waals surface area contributed by atoms with Crippen LogP contribution in [0, 0.1) is 0 Å². The average molecular weight is 254 g/mol. The molecule has 1 aromatic heterocycles. The van der Waals surface area contributed by atoms with Crippen LogP contribution in [0.15, 0.2) is 12.4 Å². The molecule has 0 aliphatic rings. The van der Waals surface area contributed by atoms with Crippen molar-refractivity contribution in [2.45, 2.75) is 26.4 Å². The Morgan fingerprint density at radius 1 is 1.33 bits per heavy atom. The number of carboxylic acid groups (broad SMARTS) is 1. The van der Waals surface area contributed by atoms with Crippen molar-refractivity contribution in [1.82, 2.24) is 9.97 Å². The third-order valence-electron chi connectivity index (χ3n) is 1.63. The number of hydrogen-bond donors (Lipinski definition) is 2. The average Bonchev–Trinajstić information content (AvgIpc) is 2.18. The van der Waals surface area contributed by atoms with Crippen LogP contribution in [-0.4, -0.2) is 32.9 Å². The molecule has 0 aromatic carbocycles. The molecule has 0 atom stereocenters. The molecule has 18 heavy (non-hydrogen) atoms. The summed E-state index contributed by atoms with van der Waals surface area (Å²) in [5, 5.41) is 8.98. The van der Waals surface area contributed by atoms with Crippen molar-refractivity contribution in [2.24, 2.45) is 0 Å². The van der Waals surface area contributed by atoms with Crippen LogP contribution in [0.4, 0.5) is 21.2 Å². The molecule has 98 valence electrons. The second-order valence-electron chi connectivity index (χ2n) is 4.41. The van der Waals surface area contributed by atoms with E-state index in [4.69, 9.17) is 15.6 Å². The summed E-state index contributed by atoms with van der Waals surface area (Å²) >= 11 is 0. The van der Waals surface area contributed by atoms with Crippen molar-refractivity contribution in [1.29, 1.82) is 0 Å². The Kier molecular flexibility index (Phi) is 3.70. The first-order valence-electron chi connectivity index (χ1n) is 5.04. The normalized spacial score (nSPS) is 10.8. The molecule has 0 fully saturated rings. The Balaban J connectivity index is 3.00. The Hall–Kier alpha value is -2.38. The summed E-state index contributed by atoms with van der Waals surface area (Å²) in [7, 11) is 0. The van der Waals surface area contributed by atoms with E-state index in [1.54, 1.807) is 20.8 Å². The summed E-state index contributed by atoms with van der Waals surface area (Å²) in [6.07, 6.45) is -0.209. The number of rotatable bonds is 1. The highest BCUT2D eigenvalue weighted by atomic mass is 16.6. The van der Waals surface area contributed by atoms with Gasteiger partial charge in [0.2, 0.25) is 5.95 Å². The van der Waals surface area contributed by atoms with Crippen LogP contribution in [-0.2, 0) is 4.74 Å². The molecule has 1 rings (SSSR count). The maximum atomic E-state index is 11.7. The number of amides is 2. The maximum absolute atomic E-state index is 11.7. The lowest BCUT2D eigenvalue weighted by molar-refractivity contribution is 0.0579. The standard InChI is InChI=1S/C10H14N4O4/c1-10(2,3)18-9(17)14(8(15)16)7-12-4-6(11)5-13-7/h4-5H,11H2,1-3H3,(H,15,16). The maximum Gasteiger partial charge on any atom is 0.427 e. The lowest BCUT2D eigenvalue weighted by Crippen LogP contribution is -2.41. The monoisotopic (exact) mass is 254 g/mol. The van der Waals surface area contributed by atoms with Gasteiger partial charge in [0.25, 0.3) is 0 Å². The fourth-order valence-corrected chi connectivity index (χ4v) is 1.000. The van der Waals surface area contributed by atoms with Gasteiger partial charge in [0, 0.05) is 0 Å². The van der Waals surface area contributed by atoms with E-state index in [-0.39, 0.29) is 11.6 Å². The number of carbonyl (C=O) groups is 2. The molecule has 1 heterocycles. The molecule has 0 bridgehead atoms. The number of aromatic nitrogens is 2. The van der Waals surface area contributed by atoms with Gasteiger partial charge < -0.3 is 15.6 Å². The fraction of sp³-hybridized carbons (Fsp3) is 0.400. The summed E-state index contributed by atoms with van der Waals surface area (Å²) in [6.45, 7) is 4.86. The minimum Gasteiger partial charge on any atom is -0.464 e. The smallest absolute Gasteiger partial charge is 0.427 e. The molecule has 0 aliphatic heterocycles. The van der Waals surface area contributed by atoms with E-state index in [1.165, 1.54) is 12.4 Å². The summed E-state index contributed by atoms with van der Waals surface area (Å²) in [5.74, 6) is -0.314. The van der Waals surface area contributed by atoms with Gasteiger partial charge in [-0.3, -0.25) is 0 Å². The summed E-state index contributed by atoms with van der Waals surface area (Å²) in [4.78, 5) is 30.4. The van der Waals surface area contributed by atoms with Gasteiger partial charge in [0.15, 0.2) is 0 Å². The van der Waals surface area contributed by atoms with Crippen LogP contribution in [0.3, 0.4) is 0 Å². The van der Waals surface area contributed by atoms with E-state index >= 15 is 0 Å². The molecule has 3 N–H and O–H groups in total. The van der Waals surface area contributed by atoms with Gasteiger partial charge >= 0.3 is 12.2 Å². The van der Waals surface area contributed by atoms with E-state index in [0.29, 0.717) is 4.90 Å². The van der Waals surface area contributed by atoms with Gasteiger partial charge in [0.1, 0.15) is 5.60 Å². The SMILES string of the molecule is CC(C)(C)OC(=O)N(C(=O)O)c1ncc(N)cn1. The molecular weight excluding hydrogens is 240 g/mol. The van der Waals surface area contributed by atoms with Gasteiger partial charge in [-0.15, -0.1) is 4.90 Å². The molecule has 8 heteroatoms. The molecule has 0 radical (unpaired) electrons. The second kappa shape index (κ2) is 4.86. The van der Waals surface area contributed by atoms with Crippen LogP contribution < -0.4 is 10.6 Å². The third kappa shape index (κ3) is 3.58. The van der Waals surface area contributed by atoms with Gasteiger partial charge in [-0.05, 0) is 20.8 Å². The number of hydrogen-bond acceptors (Lipinski definition) is 6. The molecule has 0 spiro atoms. The topological polar surface area (TPSA) is 119 Å². The van der Waals surface area contributed by atoms with Crippen molar-refractivity contribution in [3.8, 4) is 0 Å². The lowest BCUT2D eigenvalue weighted by atomic mass is 10.2. The molecule has 0 unspecified atom stereocenters. The van der Waals surface area contributed by atoms with Crippen LogP contribution in [0.1, 0.15) is 20.8 Å². The van der Waals surface area contributed by atoms with Crippen molar-refractivity contribution in [2.75, 3.05) is 10.6 Å². The zero-order chi connectivity index (χ0) is 13.9. The minimum atomic E-state index is -1.53. The Labute approximate surface area is 103 Å². The third-order valence-corrected chi connectivity index (χ3v) is 1.63. The van der Waals surface area contributed by atoms with Crippen LogP contribution in [0.25, 0.3) is 0 Å². The molecular formula is C10H14N4O4. The van der Waals surface area contributed by atoms with Gasteiger partial charge in [0.05, 0.1) is 18.1 Å². The van der Waals surface area contributed by atoms with Gasteiger partial charge in [-0.1, -0.05) is 0 Å². The van der Waals surface area contributed by atoms with Crippen molar-refractivity contribution < 1.29 is 19.4 Å². The highest BCUT2D eigenvalue weighted by molar-refractivity contribution is 6.07. The zero-order valence-electron chi connectivity index (χ0n) is 10.2. The van der Waals surface area contributed by atoms with Gasteiger partial charge in [-0.2, -0.15) is 0 Å². The summed E-state index contributed by atoms with van der Waals surface area (Å²) in [5.41, 5.74) is 4.81. The first-order chi connectivity index (χ1) is 8.20. The van der Waals surface area contributed by atoms with E-state index < -0.39 is 17.8 Å². The molecule has 8 nitrogen and oxygen atoms in total. The number of ether oxygens (including phenoxy) is 1. The quantitative estimate of drug-likeness (QED) is 0.778. The highest BCUT2D eigenvalue weighted by Crippen LogP contribution is 2.14. The molecule has 2 amide bonds. The van der Waals surface area contributed by atoms with Crippen LogP contribution in [0.5, 0.6) is 0 Å². The van der Waals surface area contributed by atoms with Gasteiger partial charge in [-0.25, -0.2) is 19.6 Å².